The summed E-state index contributed by atoms with van der Waals surface area (Å²) in [7, 11) is 0. The molecular weight excluding hydrogens is 192 g/mol. The molecule has 0 spiro atoms. The van der Waals surface area contributed by atoms with Crippen LogP contribution in [-0.4, -0.2) is 10.6 Å². The van der Waals surface area contributed by atoms with Gasteiger partial charge in [-0.1, -0.05) is 30.3 Å². The zero-order valence-electron chi connectivity index (χ0n) is 8.34. The first-order chi connectivity index (χ1) is 7.09. The molecular formula is C10H12N4O. The lowest BCUT2D eigenvalue weighted by atomic mass is 10.2. The second-order valence-electron chi connectivity index (χ2n) is 3.39. The third kappa shape index (κ3) is 1.89. The van der Waals surface area contributed by atoms with Gasteiger partial charge in [-0.15, -0.1) is 5.10 Å². The van der Waals surface area contributed by atoms with Crippen LogP contribution in [0.4, 0.5) is 0 Å². The largest absolute Gasteiger partial charge is 0.601 e. The Kier molecular flexibility index (Phi) is 2.28. The average molecular weight is 204 g/mol. The van der Waals surface area contributed by atoms with Gasteiger partial charge in [-0.05, 0) is 0 Å². The third-order valence-corrected chi connectivity index (χ3v) is 2.25. The molecule has 3 N–H and O–H groups in total. The van der Waals surface area contributed by atoms with Crippen molar-refractivity contribution in [2.75, 3.05) is 0 Å². The van der Waals surface area contributed by atoms with Crippen LogP contribution < -0.4 is 11.3 Å². The minimum Gasteiger partial charge on any atom is -0.601 e. The zero-order chi connectivity index (χ0) is 10.9. The van der Waals surface area contributed by atoms with Crippen LogP contribution in [0.2, 0.25) is 0 Å². The number of hydrazone groups is 1. The molecule has 1 aliphatic heterocycles. The van der Waals surface area contributed by atoms with Gasteiger partial charge in [0.05, 0.1) is 0 Å². The quantitative estimate of drug-likeness (QED) is 0.409. The van der Waals surface area contributed by atoms with E-state index in [4.69, 9.17) is 5.84 Å². The molecule has 5 nitrogen and oxygen atoms in total. The van der Waals surface area contributed by atoms with Crippen molar-refractivity contribution in [3.05, 3.63) is 47.3 Å². The van der Waals surface area contributed by atoms with Crippen molar-refractivity contribution >= 4 is 11.5 Å². The van der Waals surface area contributed by atoms with E-state index in [1.165, 1.54) is 6.20 Å². The molecule has 0 saturated heterocycles. The van der Waals surface area contributed by atoms with Crippen LogP contribution in [0.25, 0.3) is 5.70 Å². The molecule has 0 aliphatic carbocycles. The average Bonchev–Trinajstić information content (AvgIpc) is 2.23. The van der Waals surface area contributed by atoms with Gasteiger partial charge >= 0.3 is 0 Å². The van der Waals surface area contributed by atoms with Crippen LogP contribution in [0.1, 0.15) is 12.5 Å². The SMILES string of the molecule is CC1=NNC(c2ccccc2)=C[N+]1(N)[O-]. The first kappa shape index (κ1) is 9.85. The van der Waals surface area contributed by atoms with E-state index in [9.17, 15) is 5.21 Å². The van der Waals surface area contributed by atoms with Gasteiger partial charge in [-0.2, -0.15) is 5.84 Å². The summed E-state index contributed by atoms with van der Waals surface area (Å²) >= 11 is 0. The first-order valence-electron chi connectivity index (χ1n) is 4.57. The van der Waals surface area contributed by atoms with E-state index >= 15 is 0 Å². The Balaban J connectivity index is 2.35. The smallest absolute Gasteiger partial charge is 0.241 e. The molecule has 1 aliphatic rings. The summed E-state index contributed by atoms with van der Waals surface area (Å²) in [5, 5.41) is 15.6. The number of hydrogen-bond donors (Lipinski definition) is 2. The van der Waals surface area contributed by atoms with Gasteiger partial charge in [-0.25, -0.2) is 4.76 Å². The minimum atomic E-state index is -1.06. The van der Waals surface area contributed by atoms with Crippen molar-refractivity contribution in [2.45, 2.75) is 6.92 Å². The van der Waals surface area contributed by atoms with E-state index in [-0.39, 0.29) is 5.84 Å². The minimum absolute atomic E-state index is 0.273. The Morgan fingerprint density at radius 1 is 1.33 bits per heavy atom. The number of quaternary nitrogens is 1. The van der Waals surface area contributed by atoms with Crippen molar-refractivity contribution in [3.8, 4) is 0 Å². The van der Waals surface area contributed by atoms with Crippen molar-refractivity contribution in [1.82, 2.24) is 5.43 Å². The summed E-state index contributed by atoms with van der Waals surface area (Å²) in [6, 6.07) is 9.45. The van der Waals surface area contributed by atoms with Gasteiger partial charge in [0.15, 0.2) is 0 Å². The fourth-order valence-corrected chi connectivity index (χ4v) is 1.29. The summed E-state index contributed by atoms with van der Waals surface area (Å²) in [5.74, 6) is 5.76. The van der Waals surface area contributed by atoms with Gasteiger partial charge in [0.2, 0.25) is 5.84 Å². The number of amidine groups is 1. The number of nitrogens with zero attached hydrogens (tertiary/aromatic N) is 2. The molecule has 0 radical (unpaired) electrons. The topological polar surface area (TPSA) is 73.5 Å². The van der Waals surface area contributed by atoms with E-state index in [0.29, 0.717) is 5.70 Å². The number of nitrogens with two attached hydrogens (primary N) is 1. The standard InChI is InChI=1S/C10H12N4O/c1-8-12-13-10(7-14(8,11)15)9-5-3-2-4-6-9/h2-7,13H,11H2,1H3. The molecule has 5 heteroatoms. The van der Waals surface area contributed by atoms with Crippen LogP contribution in [-0.2, 0) is 0 Å². The Morgan fingerprint density at radius 3 is 2.60 bits per heavy atom. The van der Waals surface area contributed by atoms with Gasteiger partial charge in [-0.3, -0.25) is 5.43 Å². The molecule has 1 atom stereocenters. The molecule has 1 heterocycles. The summed E-state index contributed by atoms with van der Waals surface area (Å²) in [4.78, 5) is 0. The highest BCUT2D eigenvalue weighted by Gasteiger charge is 2.21. The second kappa shape index (κ2) is 3.47. The number of hydrogen-bond acceptors (Lipinski definition) is 4. The monoisotopic (exact) mass is 204 g/mol. The maximum Gasteiger partial charge on any atom is 0.241 e. The summed E-state index contributed by atoms with van der Waals surface area (Å²) in [6.07, 6.45) is 1.39. The Hall–Kier alpha value is -1.69. The lowest BCUT2D eigenvalue weighted by Gasteiger charge is -2.34. The highest BCUT2D eigenvalue weighted by atomic mass is 16.6. The Labute approximate surface area is 87.6 Å². The molecule has 1 aromatic carbocycles. The molecule has 78 valence electrons. The van der Waals surface area contributed by atoms with Crippen LogP contribution in [0.15, 0.2) is 41.6 Å². The van der Waals surface area contributed by atoms with Gasteiger partial charge in [0.1, 0.15) is 11.9 Å². The number of benzene rings is 1. The fourth-order valence-electron chi connectivity index (χ4n) is 1.29. The van der Waals surface area contributed by atoms with E-state index in [0.717, 1.165) is 5.56 Å². The predicted molar refractivity (Wildman–Crippen MR) is 58.5 cm³/mol. The van der Waals surface area contributed by atoms with Crippen molar-refractivity contribution < 1.29 is 4.76 Å². The maximum absolute atomic E-state index is 11.7. The van der Waals surface area contributed by atoms with E-state index in [1.807, 2.05) is 30.3 Å². The highest BCUT2D eigenvalue weighted by Crippen LogP contribution is 2.17. The first-order valence-corrected chi connectivity index (χ1v) is 4.57. The highest BCUT2D eigenvalue weighted by molar-refractivity contribution is 5.77. The summed E-state index contributed by atoms with van der Waals surface area (Å²) in [5.41, 5.74) is 4.30. The zero-order valence-corrected chi connectivity index (χ0v) is 8.34. The fraction of sp³-hybridized carbons (Fsp3) is 0.100. The molecule has 0 amide bonds. The van der Waals surface area contributed by atoms with Crippen LogP contribution in [0.5, 0.6) is 0 Å². The number of hydroxylamine groups is 2. The van der Waals surface area contributed by atoms with Crippen LogP contribution >= 0.6 is 0 Å². The molecule has 0 aromatic heterocycles. The van der Waals surface area contributed by atoms with Gasteiger partial charge < -0.3 is 5.21 Å². The molecule has 1 aromatic rings. The maximum atomic E-state index is 11.7. The molecule has 0 fully saturated rings. The molecule has 0 bridgehead atoms. The number of rotatable bonds is 1. The van der Waals surface area contributed by atoms with Crippen LogP contribution in [0, 0.1) is 5.21 Å². The normalized spacial score (nSPS) is 25.3. The van der Waals surface area contributed by atoms with Crippen molar-refractivity contribution in [1.29, 1.82) is 0 Å². The Morgan fingerprint density at radius 2 is 2.00 bits per heavy atom. The molecule has 2 rings (SSSR count). The van der Waals surface area contributed by atoms with E-state index in [2.05, 4.69) is 10.5 Å². The predicted octanol–water partition coefficient (Wildman–Crippen LogP) is 1.11. The van der Waals surface area contributed by atoms with Crippen molar-refractivity contribution in [3.63, 3.8) is 0 Å². The van der Waals surface area contributed by atoms with Crippen molar-refractivity contribution in [2.24, 2.45) is 10.9 Å². The summed E-state index contributed by atoms with van der Waals surface area (Å²) in [6.45, 7) is 1.58. The molecule has 15 heavy (non-hydrogen) atoms. The molecule has 1 unspecified atom stereocenters. The Bertz CT molecular complexity index is 422. The lowest BCUT2D eigenvalue weighted by molar-refractivity contribution is -0.747. The second-order valence-corrected chi connectivity index (χ2v) is 3.39. The number of nitrogens with one attached hydrogen (secondary N) is 1. The van der Waals surface area contributed by atoms with E-state index < -0.39 is 4.76 Å². The lowest BCUT2D eigenvalue weighted by Crippen LogP contribution is -2.50. The molecule has 0 saturated carbocycles. The summed E-state index contributed by atoms with van der Waals surface area (Å²) < 4.78 is -1.06. The van der Waals surface area contributed by atoms with Gasteiger partial charge in [0, 0.05) is 12.5 Å². The van der Waals surface area contributed by atoms with Gasteiger partial charge in [0.25, 0.3) is 0 Å². The third-order valence-electron chi connectivity index (χ3n) is 2.25. The van der Waals surface area contributed by atoms with Crippen LogP contribution in [0.3, 0.4) is 0 Å². The van der Waals surface area contributed by atoms with E-state index in [1.54, 1.807) is 6.92 Å².